The average Bonchev–Trinajstić information content (AvgIpc) is 2.44. The maximum absolute atomic E-state index is 12.0. The molecule has 98 valence electrons. The number of amides is 1. The lowest BCUT2D eigenvalue weighted by atomic mass is 9.96. The van der Waals surface area contributed by atoms with Crippen LogP contribution >= 0.6 is 0 Å². The summed E-state index contributed by atoms with van der Waals surface area (Å²) in [7, 11) is 4.69. The van der Waals surface area contributed by atoms with Crippen LogP contribution in [0, 0.1) is 5.92 Å². The summed E-state index contributed by atoms with van der Waals surface area (Å²) in [6.07, 6.45) is 0.638. The van der Waals surface area contributed by atoms with E-state index in [4.69, 9.17) is 14.3 Å². The number of ether oxygens (including phenoxy) is 2. The van der Waals surface area contributed by atoms with Crippen molar-refractivity contribution in [3.8, 4) is 11.5 Å². The van der Waals surface area contributed by atoms with Crippen molar-refractivity contribution < 1.29 is 19.1 Å². The lowest BCUT2D eigenvalue weighted by Gasteiger charge is -2.27. The van der Waals surface area contributed by atoms with E-state index in [1.165, 1.54) is 12.2 Å². The van der Waals surface area contributed by atoms with E-state index in [1.807, 2.05) is 18.2 Å². The molecule has 2 rings (SSSR count). The van der Waals surface area contributed by atoms with Crippen LogP contribution in [0.3, 0.4) is 0 Å². The molecule has 1 aromatic carbocycles. The van der Waals surface area contributed by atoms with Crippen LogP contribution in [0.2, 0.25) is 0 Å². The van der Waals surface area contributed by atoms with E-state index in [0.717, 1.165) is 17.1 Å². The summed E-state index contributed by atoms with van der Waals surface area (Å²) in [6, 6.07) is 5.62. The SMILES string of the molecule is COc1ccc2c(c1)C[C@H](C(=O)N(C)OC)CO2. The molecule has 0 spiro atoms. The highest BCUT2D eigenvalue weighted by molar-refractivity contribution is 5.78. The van der Waals surface area contributed by atoms with Gasteiger partial charge in [0.25, 0.3) is 5.91 Å². The molecule has 1 atom stereocenters. The maximum atomic E-state index is 12.0. The minimum Gasteiger partial charge on any atom is -0.497 e. The number of nitrogens with zero attached hydrogens (tertiary/aromatic N) is 1. The van der Waals surface area contributed by atoms with Gasteiger partial charge in [-0.15, -0.1) is 0 Å². The van der Waals surface area contributed by atoms with Gasteiger partial charge in [0.2, 0.25) is 0 Å². The summed E-state index contributed by atoms with van der Waals surface area (Å²) in [5, 5.41) is 1.24. The second kappa shape index (κ2) is 5.27. The van der Waals surface area contributed by atoms with Crippen LogP contribution in [-0.4, -0.2) is 38.8 Å². The van der Waals surface area contributed by atoms with Crippen LogP contribution in [0.15, 0.2) is 18.2 Å². The second-order valence-electron chi connectivity index (χ2n) is 4.20. The molecule has 0 fully saturated rings. The van der Waals surface area contributed by atoms with Gasteiger partial charge in [0, 0.05) is 7.05 Å². The summed E-state index contributed by atoms with van der Waals surface area (Å²) in [6.45, 7) is 0.381. The highest BCUT2D eigenvalue weighted by atomic mass is 16.7. The van der Waals surface area contributed by atoms with Gasteiger partial charge in [-0.3, -0.25) is 9.63 Å². The van der Waals surface area contributed by atoms with Gasteiger partial charge >= 0.3 is 0 Å². The molecule has 5 nitrogen and oxygen atoms in total. The van der Waals surface area contributed by atoms with Gasteiger partial charge in [-0.2, -0.15) is 0 Å². The van der Waals surface area contributed by atoms with E-state index in [2.05, 4.69) is 0 Å². The summed E-state index contributed by atoms with van der Waals surface area (Å²) in [5.74, 6) is 1.30. The van der Waals surface area contributed by atoms with Gasteiger partial charge in [0.05, 0.1) is 20.1 Å². The van der Waals surface area contributed by atoms with Gasteiger partial charge in [-0.1, -0.05) is 0 Å². The zero-order valence-corrected chi connectivity index (χ0v) is 10.8. The van der Waals surface area contributed by atoms with Crippen molar-refractivity contribution in [1.29, 1.82) is 0 Å². The highest BCUT2D eigenvalue weighted by Gasteiger charge is 2.28. The zero-order valence-electron chi connectivity index (χ0n) is 10.8. The molecule has 0 saturated carbocycles. The molecule has 1 amide bonds. The third-order valence-corrected chi connectivity index (χ3v) is 3.11. The molecule has 0 bridgehead atoms. The smallest absolute Gasteiger partial charge is 0.252 e. The summed E-state index contributed by atoms with van der Waals surface area (Å²) >= 11 is 0. The van der Waals surface area contributed by atoms with E-state index in [1.54, 1.807) is 14.2 Å². The number of hydroxylamine groups is 2. The standard InChI is InChI=1S/C13H17NO4/c1-14(17-3)13(15)10-6-9-7-11(16-2)4-5-12(9)18-8-10/h4-5,7,10H,6,8H2,1-3H3/t10-/m0/s1. The third-order valence-electron chi connectivity index (χ3n) is 3.11. The zero-order chi connectivity index (χ0) is 13.1. The lowest BCUT2D eigenvalue weighted by molar-refractivity contribution is -0.174. The number of hydrogen-bond acceptors (Lipinski definition) is 4. The molecule has 5 heteroatoms. The van der Waals surface area contributed by atoms with E-state index in [-0.39, 0.29) is 11.8 Å². The number of benzene rings is 1. The second-order valence-corrected chi connectivity index (χ2v) is 4.20. The summed E-state index contributed by atoms with van der Waals surface area (Å²) in [5.41, 5.74) is 0.989. The molecule has 1 aliphatic heterocycles. The van der Waals surface area contributed by atoms with Crippen molar-refractivity contribution in [2.45, 2.75) is 6.42 Å². The number of fused-ring (bicyclic) bond motifs is 1. The number of carbonyl (C=O) groups is 1. The Labute approximate surface area is 106 Å². The van der Waals surface area contributed by atoms with Gasteiger partial charge in [-0.05, 0) is 30.2 Å². The predicted molar refractivity (Wildman–Crippen MR) is 65.5 cm³/mol. The Morgan fingerprint density at radius 3 is 2.89 bits per heavy atom. The van der Waals surface area contributed by atoms with Crippen molar-refractivity contribution in [2.75, 3.05) is 27.9 Å². The molecule has 0 N–H and O–H groups in total. The Balaban J connectivity index is 2.15. The molecule has 1 aliphatic rings. The Morgan fingerprint density at radius 1 is 1.44 bits per heavy atom. The summed E-state index contributed by atoms with van der Waals surface area (Å²) in [4.78, 5) is 16.9. The quantitative estimate of drug-likeness (QED) is 0.759. The number of rotatable bonds is 3. The third kappa shape index (κ3) is 2.41. The van der Waals surface area contributed by atoms with Gasteiger partial charge in [-0.25, -0.2) is 5.06 Å². The first-order valence-corrected chi connectivity index (χ1v) is 5.77. The maximum Gasteiger partial charge on any atom is 0.252 e. The van der Waals surface area contributed by atoms with Crippen LogP contribution in [0.5, 0.6) is 11.5 Å². The molecular formula is C13H17NO4. The Kier molecular flexibility index (Phi) is 3.72. The predicted octanol–water partition coefficient (Wildman–Crippen LogP) is 1.27. The van der Waals surface area contributed by atoms with Crippen LogP contribution in [0.1, 0.15) is 5.56 Å². The largest absolute Gasteiger partial charge is 0.497 e. The van der Waals surface area contributed by atoms with Crippen LogP contribution in [0.25, 0.3) is 0 Å². The van der Waals surface area contributed by atoms with E-state index in [9.17, 15) is 4.79 Å². The number of methoxy groups -OCH3 is 1. The Hall–Kier alpha value is -1.75. The minimum absolute atomic E-state index is 0.0778. The summed E-state index contributed by atoms with van der Waals surface area (Å²) < 4.78 is 10.8. The normalized spacial score (nSPS) is 17.6. The Bertz CT molecular complexity index is 447. The van der Waals surface area contributed by atoms with Crippen molar-refractivity contribution in [2.24, 2.45) is 5.92 Å². The van der Waals surface area contributed by atoms with Crippen molar-refractivity contribution in [1.82, 2.24) is 5.06 Å². The Morgan fingerprint density at radius 2 is 2.22 bits per heavy atom. The average molecular weight is 251 g/mol. The van der Waals surface area contributed by atoms with E-state index >= 15 is 0 Å². The molecule has 18 heavy (non-hydrogen) atoms. The first kappa shape index (κ1) is 12.7. The molecule has 0 saturated heterocycles. The van der Waals surface area contributed by atoms with E-state index in [0.29, 0.717) is 13.0 Å². The van der Waals surface area contributed by atoms with Gasteiger partial charge < -0.3 is 9.47 Å². The molecule has 0 aromatic heterocycles. The number of carbonyl (C=O) groups excluding carboxylic acids is 1. The molecular weight excluding hydrogens is 234 g/mol. The fraction of sp³-hybridized carbons (Fsp3) is 0.462. The molecule has 0 unspecified atom stereocenters. The molecule has 0 radical (unpaired) electrons. The lowest BCUT2D eigenvalue weighted by Crippen LogP contribution is -2.38. The van der Waals surface area contributed by atoms with Crippen LogP contribution in [-0.2, 0) is 16.1 Å². The molecule has 1 aromatic rings. The fourth-order valence-corrected chi connectivity index (χ4v) is 2.00. The van der Waals surface area contributed by atoms with Gasteiger partial charge in [0.1, 0.15) is 18.1 Å². The van der Waals surface area contributed by atoms with Crippen LogP contribution < -0.4 is 9.47 Å². The first-order valence-electron chi connectivity index (χ1n) is 5.77. The molecule has 1 heterocycles. The number of hydrogen-bond donors (Lipinski definition) is 0. The van der Waals surface area contributed by atoms with E-state index < -0.39 is 0 Å². The highest BCUT2D eigenvalue weighted by Crippen LogP contribution is 2.31. The van der Waals surface area contributed by atoms with Crippen molar-refractivity contribution in [3.63, 3.8) is 0 Å². The molecule has 0 aliphatic carbocycles. The monoisotopic (exact) mass is 251 g/mol. The van der Waals surface area contributed by atoms with Crippen molar-refractivity contribution >= 4 is 5.91 Å². The van der Waals surface area contributed by atoms with Gasteiger partial charge in [0.15, 0.2) is 0 Å². The minimum atomic E-state index is -0.213. The fourth-order valence-electron chi connectivity index (χ4n) is 2.00. The first-order chi connectivity index (χ1) is 8.65. The van der Waals surface area contributed by atoms with Crippen LogP contribution in [0.4, 0.5) is 0 Å². The topological polar surface area (TPSA) is 48.0 Å². The van der Waals surface area contributed by atoms with Crippen molar-refractivity contribution in [3.05, 3.63) is 23.8 Å².